The van der Waals surface area contributed by atoms with Gasteiger partial charge < -0.3 is 4.74 Å². The molecule has 32 heavy (non-hydrogen) atoms. The van der Waals surface area contributed by atoms with Crippen LogP contribution < -0.4 is 4.74 Å². The zero-order chi connectivity index (χ0) is 22.2. The largest absolute Gasteiger partial charge is 0.421 e. The summed E-state index contributed by atoms with van der Waals surface area (Å²) >= 11 is 0. The van der Waals surface area contributed by atoms with Crippen LogP contribution >= 0.6 is 0 Å². The first kappa shape index (κ1) is 19.9. The van der Waals surface area contributed by atoms with Gasteiger partial charge >= 0.3 is 5.97 Å². The molecule has 0 aliphatic rings. The first-order chi connectivity index (χ1) is 15.5. The number of pyridine rings is 2. The van der Waals surface area contributed by atoms with Crippen molar-refractivity contribution in [2.24, 2.45) is 0 Å². The molecule has 0 aliphatic heterocycles. The minimum atomic E-state index is -0.407. The lowest BCUT2D eigenvalue weighted by molar-refractivity contribution is 0.0738. The van der Waals surface area contributed by atoms with Crippen LogP contribution in [0.5, 0.6) is 5.75 Å². The summed E-state index contributed by atoms with van der Waals surface area (Å²) in [7, 11) is 0. The van der Waals surface area contributed by atoms with Crippen LogP contribution in [0, 0.1) is 20.8 Å². The first-order valence-electron chi connectivity index (χ1n) is 10.6. The highest BCUT2D eigenvalue weighted by Crippen LogP contribution is 2.33. The molecule has 4 nitrogen and oxygen atoms in total. The smallest absolute Gasteiger partial charge is 0.344 e. The molecule has 4 heteroatoms. The molecule has 5 aromatic rings. The van der Waals surface area contributed by atoms with E-state index in [2.05, 4.69) is 11.1 Å². The Kier molecular flexibility index (Phi) is 4.91. The fourth-order valence-electron chi connectivity index (χ4n) is 4.26. The summed E-state index contributed by atoms with van der Waals surface area (Å²) in [6.07, 6.45) is 1.70. The predicted octanol–water partition coefficient (Wildman–Crippen LogP) is 6.59. The number of ether oxygens (including phenoxy) is 1. The van der Waals surface area contributed by atoms with E-state index in [1.54, 1.807) is 12.3 Å². The van der Waals surface area contributed by atoms with Crippen molar-refractivity contribution in [2.75, 3.05) is 0 Å². The molecule has 0 atom stereocenters. The number of esters is 1. The van der Waals surface area contributed by atoms with Crippen molar-refractivity contribution in [1.29, 1.82) is 0 Å². The Morgan fingerprint density at radius 2 is 1.62 bits per heavy atom. The molecule has 2 heterocycles. The third kappa shape index (κ3) is 3.40. The Balaban J connectivity index is 1.73. The number of carbonyl (C=O) groups is 1. The lowest BCUT2D eigenvalue weighted by atomic mass is 9.95. The summed E-state index contributed by atoms with van der Waals surface area (Å²) in [6, 6.07) is 23.4. The summed E-state index contributed by atoms with van der Waals surface area (Å²) in [5.74, 6) is 0.0401. The fourth-order valence-corrected chi connectivity index (χ4v) is 4.26. The van der Waals surface area contributed by atoms with Gasteiger partial charge in [0, 0.05) is 22.5 Å². The molecule has 0 bridgehead atoms. The average Bonchev–Trinajstić information content (AvgIpc) is 2.79. The number of carbonyl (C=O) groups excluding carboxylic acids is 1. The van der Waals surface area contributed by atoms with Crippen molar-refractivity contribution in [1.82, 2.24) is 9.97 Å². The van der Waals surface area contributed by atoms with Crippen molar-refractivity contribution < 1.29 is 9.53 Å². The van der Waals surface area contributed by atoms with Gasteiger partial charge in [0.1, 0.15) is 5.52 Å². The lowest BCUT2D eigenvalue weighted by Gasteiger charge is -2.16. The fraction of sp³-hybridized carbons (Fsp3) is 0.107. The monoisotopic (exact) mass is 418 g/mol. The van der Waals surface area contributed by atoms with Crippen LogP contribution in [0.1, 0.15) is 27.0 Å². The van der Waals surface area contributed by atoms with Crippen LogP contribution in [0.3, 0.4) is 0 Å². The van der Waals surface area contributed by atoms with E-state index in [0.29, 0.717) is 16.8 Å². The normalized spacial score (nSPS) is 11.1. The summed E-state index contributed by atoms with van der Waals surface area (Å²) in [5, 5.41) is 1.73. The van der Waals surface area contributed by atoms with E-state index in [9.17, 15) is 4.79 Å². The Hall–Kier alpha value is -4.05. The minimum absolute atomic E-state index is 0.407. The molecular formula is C28H22N2O2. The van der Waals surface area contributed by atoms with E-state index in [-0.39, 0.29) is 0 Å². The molecule has 3 aromatic carbocycles. The minimum Gasteiger partial charge on any atom is -0.421 e. The van der Waals surface area contributed by atoms with E-state index in [0.717, 1.165) is 44.2 Å². The lowest BCUT2D eigenvalue weighted by Crippen LogP contribution is -2.13. The molecule has 156 valence electrons. The maximum absolute atomic E-state index is 13.6. The number of fused-ring (bicyclic) bond motifs is 2. The summed E-state index contributed by atoms with van der Waals surface area (Å²) in [4.78, 5) is 23.0. The highest BCUT2D eigenvalue weighted by molar-refractivity contribution is 6.08. The van der Waals surface area contributed by atoms with Crippen molar-refractivity contribution in [3.8, 4) is 17.0 Å². The van der Waals surface area contributed by atoms with Crippen LogP contribution in [-0.4, -0.2) is 15.9 Å². The molecule has 0 unspecified atom stereocenters. The van der Waals surface area contributed by atoms with Gasteiger partial charge in [-0.25, -0.2) is 9.78 Å². The average molecular weight is 418 g/mol. The second-order valence-electron chi connectivity index (χ2n) is 8.03. The van der Waals surface area contributed by atoms with Gasteiger partial charge in [0.25, 0.3) is 0 Å². The number of nitrogens with zero attached hydrogens (tertiary/aromatic N) is 2. The standard InChI is InChI=1S/C28H22N2O2/c1-17-15-18(2)25-22(16-17)24(19(3)26(30-25)20-9-5-4-6-10-20)28(31)32-23-13-7-11-21-12-8-14-29-27(21)23/h4-16H,1-3H3. The van der Waals surface area contributed by atoms with Crippen LogP contribution in [0.4, 0.5) is 0 Å². The maximum Gasteiger partial charge on any atom is 0.344 e. The molecule has 0 N–H and O–H groups in total. The molecule has 2 aromatic heterocycles. The number of benzene rings is 3. The molecular weight excluding hydrogens is 396 g/mol. The third-order valence-electron chi connectivity index (χ3n) is 5.72. The van der Waals surface area contributed by atoms with Crippen LogP contribution in [0.2, 0.25) is 0 Å². The second-order valence-corrected chi connectivity index (χ2v) is 8.03. The van der Waals surface area contributed by atoms with Crippen molar-refractivity contribution in [3.05, 3.63) is 101 Å². The number of aryl methyl sites for hydroxylation is 2. The third-order valence-corrected chi connectivity index (χ3v) is 5.72. The zero-order valence-electron chi connectivity index (χ0n) is 18.2. The van der Waals surface area contributed by atoms with Crippen LogP contribution in [0.25, 0.3) is 33.1 Å². The summed E-state index contributed by atoms with van der Waals surface area (Å²) in [5.41, 5.74) is 6.65. The van der Waals surface area contributed by atoms with Crippen molar-refractivity contribution in [3.63, 3.8) is 0 Å². The molecule has 0 fully saturated rings. The topological polar surface area (TPSA) is 52.1 Å². The molecule has 0 radical (unpaired) electrons. The highest BCUT2D eigenvalue weighted by Gasteiger charge is 2.22. The Bertz CT molecular complexity index is 1490. The Morgan fingerprint density at radius 3 is 2.44 bits per heavy atom. The van der Waals surface area contributed by atoms with Gasteiger partial charge in [-0.1, -0.05) is 60.2 Å². The number of para-hydroxylation sites is 1. The number of aromatic nitrogens is 2. The molecule has 0 amide bonds. The number of rotatable bonds is 3. The SMILES string of the molecule is Cc1cc(C)c2nc(-c3ccccc3)c(C)c(C(=O)Oc3cccc4cccnc34)c2c1. The summed E-state index contributed by atoms with van der Waals surface area (Å²) < 4.78 is 5.94. The number of hydrogen-bond donors (Lipinski definition) is 0. The number of hydrogen-bond acceptors (Lipinski definition) is 4. The van der Waals surface area contributed by atoms with Gasteiger partial charge in [0.05, 0.1) is 16.8 Å². The van der Waals surface area contributed by atoms with Crippen molar-refractivity contribution in [2.45, 2.75) is 20.8 Å². The van der Waals surface area contributed by atoms with E-state index in [1.807, 2.05) is 81.4 Å². The van der Waals surface area contributed by atoms with Gasteiger partial charge in [0.2, 0.25) is 0 Å². The summed E-state index contributed by atoms with van der Waals surface area (Å²) in [6.45, 7) is 5.98. The van der Waals surface area contributed by atoms with E-state index in [4.69, 9.17) is 9.72 Å². The van der Waals surface area contributed by atoms with Gasteiger partial charge in [0.15, 0.2) is 5.75 Å². The van der Waals surface area contributed by atoms with Crippen LogP contribution in [0.15, 0.2) is 79.0 Å². The van der Waals surface area contributed by atoms with Gasteiger partial charge in [-0.2, -0.15) is 0 Å². The predicted molar refractivity (Wildman–Crippen MR) is 128 cm³/mol. The zero-order valence-corrected chi connectivity index (χ0v) is 18.2. The van der Waals surface area contributed by atoms with E-state index in [1.165, 1.54) is 0 Å². The quantitative estimate of drug-likeness (QED) is 0.245. The van der Waals surface area contributed by atoms with Gasteiger partial charge in [-0.05, 0) is 50.1 Å². The van der Waals surface area contributed by atoms with E-state index < -0.39 is 5.97 Å². The molecule has 5 rings (SSSR count). The second kappa shape index (κ2) is 7.89. The molecule has 0 saturated carbocycles. The van der Waals surface area contributed by atoms with Crippen LogP contribution in [-0.2, 0) is 0 Å². The Morgan fingerprint density at radius 1 is 0.844 bits per heavy atom. The van der Waals surface area contributed by atoms with E-state index >= 15 is 0 Å². The molecule has 0 saturated heterocycles. The van der Waals surface area contributed by atoms with Gasteiger partial charge in [-0.15, -0.1) is 0 Å². The molecule has 0 aliphatic carbocycles. The highest BCUT2D eigenvalue weighted by atomic mass is 16.5. The Labute approximate surface area is 186 Å². The van der Waals surface area contributed by atoms with Gasteiger partial charge in [-0.3, -0.25) is 4.98 Å². The molecule has 0 spiro atoms. The maximum atomic E-state index is 13.6. The van der Waals surface area contributed by atoms with Crippen molar-refractivity contribution >= 4 is 27.8 Å². The first-order valence-corrected chi connectivity index (χ1v) is 10.6.